The fraction of sp³-hybridized carbons (Fsp3) is 0.391. The van der Waals surface area contributed by atoms with Crippen LogP contribution in [-0.4, -0.2) is 59.5 Å². The van der Waals surface area contributed by atoms with Crippen molar-refractivity contribution < 1.29 is 4.79 Å². The lowest BCUT2D eigenvalue weighted by atomic mass is 10.1. The monoisotopic (exact) mass is 406 g/mol. The molecular weight excluding hydrogens is 380 g/mol. The summed E-state index contributed by atoms with van der Waals surface area (Å²) in [6.45, 7) is 7.38. The van der Waals surface area contributed by atoms with Crippen molar-refractivity contribution in [2.75, 3.05) is 37.6 Å². The van der Waals surface area contributed by atoms with Crippen LogP contribution in [0.1, 0.15) is 17.5 Å². The van der Waals surface area contributed by atoms with Crippen LogP contribution < -0.4 is 4.90 Å². The lowest BCUT2D eigenvalue weighted by Gasteiger charge is -2.35. The summed E-state index contributed by atoms with van der Waals surface area (Å²) in [5, 5.41) is 1.18. The summed E-state index contributed by atoms with van der Waals surface area (Å²) < 4.78 is 1.26. The standard InChI is InChI=1S/C23H26N4OS/c1-17-14-18-6-2-4-8-20(18)27(17)23(28)16-26-12-10-25(11-13-26)15-22-24-19-7-3-5-9-21(19)29-22/h2-9,17H,10-16H2,1H3. The van der Waals surface area contributed by atoms with Gasteiger partial charge in [-0.05, 0) is 37.1 Å². The molecule has 1 fully saturated rings. The largest absolute Gasteiger partial charge is 0.308 e. The van der Waals surface area contributed by atoms with E-state index in [1.165, 1.54) is 15.3 Å². The first-order valence-electron chi connectivity index (χ1n) is 10.4. The van der Waals surface area contributed by atoms with Gasteiger partial charge in [0, 0.05) is 37.9 Å². The van der Waals surface area contributed by atoms with Crippen molar-refractivity contribution in [2.24, 2.45) is 0 Å². The number of rotatable bonds is 4. The number of hydrogen-bond acceptors (Lipinski definition) is 5. The van der Waals surface area contributed by atoms with Crippen molar-refractivity contribution in [1.29, 1.82) is 0 Å². The Balaban J connectivity index is 1.16. The van der Waals surface area contributed by atoms with Crippen molar-refractivity contribution in [3.05, 3.63) is 59.1 Å². The molecule has 0 aliphatic carbocycles. The van der Waals surface area contributed by atoms with Crippen LogP contribution in [0.15, 0.2) is 48.5 Å². The molecule has 2 aromatic carbocycles. The number of nitrogens with zero attached hydrogens (tertiary/aromatic N) is 4. The molecule has 3 heterocycles. The molecule has 3 aromatic rings. The van der Waals surface area contributed by atoms with Crippen LogP contribution in [0.5, 0.6) is 0 Å². The van der Waals surface area contributed by atoms with Gasteiger partial charge in [-0.25, -0.2) is 4.98 Å². The Labute approximate surface area is 175 Å². The lowest BCUT2D eigenvalue weighted by Crippen LogP contribution is -2.50. The van der Waals surface area contributed by atoms with Crippen LogP contribution in [0.2, 0.25) is 0 Å². The Morgan fingerprint density at radius 3 is 2.59 bits per heavy atom. The highest BCUT2D eigenvalue weighted by molar-refractivity contribution is 7.18. The molecule has 5 rings (SSSR count). The van der Waals surface area contributed by atoms with Gasteiger partial charge in [0.15, 0.2) is 0 Å². The normalized spacial score (nSPS) is 20.3. The summed E-state index contributed by atoms with van der Waals surface area (Å²) in [4.78, 5) is 24.5. The first kappa shape index (κ1) is 18.7. The van der Waals surface area contributed by atoms with E-state index in [4.69, 9.17) is 4.98 Å². The van der Waals surface area contributed by atoms with Crippen LogP contribution in [0.3, 0.4) is 0 Å². The molecular formula is C23H26N4OS. The number of para-hydroxylation sites is 2. The Hall–Kier alpha value is -2.28. The summed E-state index contributed by atoms with van der Waals surface area (Å²) in [6, 6.07) is 16.9. The highest BCUT2D eigenvalue weighted by atomic mass is 32.1. The molecule has 6 heteroatoms. The molecule has 1 amide bonds. The van der Waals surface area contributed by atoms with E-state index in [1.807, 2.05) is 17.0 Å². The van der Waals surface area contributed by atoms with Gasteiger partial charge in [0.05, 0.1) is 23.3 Å². The Morgan fingerprint density at radius 1 is 1.03 bits per heavy atom. The van der Waals surface area contributed by atoms with Gasteiger partial charge in [0.25, 0.3) is 0 Å². The molecule has 150 valence electrons. The Bertz CT molecular complexity index is 991. The summed E-state index contributed by atoms with van der Waals surface area (Å²) in [6.07, 6.45) is 0.956. The second-order valence-electron chi connectivity index (χ2n) is 8.07. The molecule has 1 aromatic heterocycles. The summed E-state index contributed by atoms with van der Waals surface area (Å²) in [7, 11) is 0. The molecule has 0 saturated carbocycles. The van der Waals surface area contributed by atoms with E-state index in [0.717, 1.165) is 50.3 Å². The van der Waals surface area contributed by atoms with Crippen molar-refractivity contribution >= 4 is 33.1 Å². The summed E-state index contributed by atoms with van der Waals surface area (Å²) in [5.74, 6) is 0.224. The third kappa shape index (κ3) is 3.80. The van der Waals surface area contributed by atoms with Crippen LogP contribution in [0, 0.1) is 0 Å². The number of piperazine rings is 1. The minimum absolute atomic E-state index is 0.224. The summed E-state index contributed by atoms with van der Waals surface area (Å²) >= 11 is 1.79. The van der Waals surface area contributed by atoms with Gasteiger partial charge in [0.2, 0.25) is 5.91 Å². The number of carbonyl (C=O) groups excluding carboxylic acids is 1. The van der Waals surface area contributed by atoms with Gasteiger partial charge in [-0.15, -0.1) is 11.3 Å². The highest BCUT2D eigenvalue weighted by Crippen LogP contribution is 2.32. The van der Waals surface area contributed by atoms with Crippen LogP contribution >= 0.6 is 11.3 Å². The van der Waals surface area contributed by atoms with E-state index in [2.05, 4.69) is 53.1 Å². The number of hydrogen-bond donors (Lipinski definition) is 0. The number of fused-ring (bicyclic) bond motifs is 2. The number of anilines is 1. The van der Waals surface area contributed by atoms with E-state index in [1.54, 1.807) is 11.3 Å². The van der Waals surface area contributed by atoms with E-state index in [-0.39, 0.29) is 11.9 Å². The first-order valence-corrected chi connectivity index (χ1v) is 11.2. The molecule has 1 atom stereocenters. The van der Waals surface area contributed by atoms with Gasteiger partial charge < -0.3 is 4.90 Å². The van der Waals surface area contributed by atoms with E-state index >= 15 is 0 Å². The van der Waals surface area contributed by atoms with Crippen molar-refractivity contribution in [3.8, 4) is 0 Å². The predicted molar refractivity (Wildman–Crippen MR) is 118 cm³/mol. The molecule has 0 spiro atoms. The number of benzene rings is 2. The maximum absolute atomic E-state index is 13.0. The lowest BCUT2D eigenvalue weighted by molar-refractivity contribution is -0.120. The van der Waals surface area contributed by atoms with Gasteiger partial charge in [-0.2, -0.15) is 0 Å². The maximum atomic E-state index is 13.0. The van der Waals surface area contributed by atoms with Gasteiger partial charge in [-0.3, -0.25) is 14.6 Å². The van der Waals surface area contributed by atoms with Gasteiger partial charge in [-0.1, -0.05) is 30.3 Å². The average Bonchev–Trinajstić information content (AvgIpc) is 3.28. The number of aromatic nitrogens is 1. The number of thiazole rings is 1. The zero-order valence-electron chi connectivity index (χ0n) is 16.8. The Kier molecular flexibility index (Phi) is 5.08. The van der Waals surface area contributed by atoms with Gasteiger partial charge >= 0.3 is 0 Å². The molecule has 29 heavy (non-hydrogen) atoms. The van der Waals surface area contributed by atoms with Crippen LogP contribution in [-0.2, 0) is 17.8 Å². The first-order chi connectivity index (χ1) is 14.2. The zero-order chi connectivity index (χ0) is 19.8. The number of amides is 1. The Morgan fingerprint density at radius 2 is 1.76 bits per heavy atom. The zero-order valence-corrected chi connectivity index (χ0v) is 17.6. The SMILES string of the molecule is CC1Cc2ccccc2N1C(=O)CN1CCN(Cc2nc3ccccc3s2)CC1. The minimum atomic E-state index is 0.224. The fourth-order valence-electron chi connectivity index (χ4n) is 4.50. The molecule has 1 unspecified atom stereocenters. The average molecular weight is 407 g/mol. The van der Waals surface area contributed by atoms with E-state index in [9.17, 15) is 4.79 Å². The van der Waals surface area contributed by atoms with Crippen molar-refractivity contribution in [3.63, 3.8) is 0 Å². The second kappa shape index (κ2) is 7.86. The molecule has 0 radical (unpaired) electrons. The third-order valence-corrected chi connectivity index (χ3v) is 7.02. The molecule has 2 aliphatic heterocycles. The van der Waals surface area contributed by atoms with E-state index in [0.29, 0.717) is 6.54 Å². The third-order valence-electron chi connectivity index (χ3n) is 6.00. The predicted octanol–water partition coefficient (Wildman–Crippen LogP) is 3.39. The van der Waals surface area contributed by atoms with Crippen LogP contribution in [0.4, 0.5) is 5.69 Å². The van der Waals surface area contributed by atoms with Crippen LogP contribution in [0.25, 0.3) is 10.2 Å². The minimum Gasteiger partial charge on any atom is -0.308 e. The molecule has 0 N–H and O–H groups in total. The quantitative estimate of drug-likeness (QED) is 0.666. The van der Waals surface area contributed by atoms with E-state index < -0.39 is 0 Å². The van der Waals surface area contributed by atoms with Crippen molar-refractivity contribution in [2.45, 2.75) is 25.9 Å². The van der Waals surface area contributed by atoms with Crippen molar-refractivity contribution in [1.82, 2.24) is 14.8 Å². The summed E-state index contributed by atoms with van der Waals surface area (Å²) in [5.41, 5.74) is 3.48. The fourth-order valence-corrected chi connectivity index (χ4v) is 5.51. The second-order valence-corrected chi connectivity index (χ2v) is 9.19. The molecule has 5 nitrogen and oxygen atoms in total. The van der Waals surface area contributed by atoms with Gasteiger partial charge in [0.1, 0.15) is 5.01 Å². The number of carbonyl (C=O) groups is 1. The highest BCUT2D eigenvalue weighted by Gasteiger charge is 2.31. The molecule has 2 aliphatic rings. The molecule has 0 bridgehead atoms. The molecule has 1 saturated heterocycles. The topological polar surface area (TPSA) is 39.7 Å². The smallest absolute Gasteiger partial charge is 0.241 e. The maximum Gasteiger partial charge on any atom is 0.241 e.